The third kappa shape index (κ3) is 4.95. The van der Waals surface area contributed by atoms with Crippen LogP contribution in [-0.2, 0) is 35.9 Å². The van der Waals surface area contributed by atoms with Crippen molar-refractivity contribution in [1.29, 1.82) is 0 Å². The van der Waals surface area contributed by atoms with E-state index in [-0.39, 0.29) is 35.6 Å². The zero-order valence-corrected chi connectivity index (χ0v) is 22.2. The molecule has 1 saturated heterocycles. The van der Waals surface area contributed by atoms with Crippen molar-refractivity contribution in [2.24, 2.45) is 0 Å². The molecule has 1 aromatic carbocycles. The summed E-state index contributed by atoms with van der Waals surface area (Å²) in [4.78, 5) is 15.2. The molecule has 2 aromatic rings. The van der Waals surface area contributed by atoms with E-state index in [1.165, 1.54) is 32.8 Å². The van der Waals surface area contributed by atoms with Crippen LogP contribution in [0.15, 0.2) is 18.5 Å². The van der Waals surface area contributed by atoms with Crippen LogP contribution in [0.25, 0.3) is 0 Å². The minimum absolute atomic E-state index is 0. The molecule has 3 N–H and O–H groups in total. The summed E-state index contributed by atoms with van der Waals surface area (Å²) in [7, 11) is -2.09. The molecule has 0 spiro atoms. The molecule has 2 amide bonds. The minimum atomic E-state index is -4.12. The number of aromatic amines is 1. The molecule has 0 bridgehead atoms. The maximum atomic E-state index is 13.4. The SMILES string of the molecule is CN1CCC(N(c2cn[nH]c2)S(=O)(=O)NC(=O)Nc2c3c(cc4c2CCC4)CCC3)CC1.[Na]. The third-order valence-corrected chi connectivity index (χ3v) is 8.42. The maximum Gasteiger partial charge on any atom is 0.334 e. The third-order valence-electron chi connectivity index (χ3n) is 6.95. The van der Waals surface area contributed by atoms with E-state index < -0.39 is 16.2 Å². The number of aryl methyl sites for hydroxylation is 2. The fourth-order valence-electron chi connectivity index (χ4n) is 5.41. The summed E-state index contributed by atoms with van der Waals surface area (Å²) in [6.07, 6.45) is 10.4. The molecule has 33 heavy (non-hydrogen) atoms. The van der Waals surface area contributed by atoms with Gasteiger partial charge in [0.25, 0.3) is 0 Å². The van der Waals surface area contributed by atoms with Gasteiger partial charge >= 0.3 is 16.2 Å². The summed E-state index contributed by atoms with van der Waals surface area (Å²) in [5.74, 6) is 0. The van der Waals surface area contributed by atoms with Gasteiger partial charge in [-0.1, -0.05) is 6.07 Å². The van der Waals surface area contributed by atoms with Gasteiger partial charge in [0.2, 0.25) is 0 Å². The van der Waals surface area contributed by atoms with Crippen molar-refractivity contribution in [2.45, 2.75) is 57.4 Å². The smallest absolute Gasteiger partial charge is 0.307 e. The number of hydrogen-bond acceptors (Lipinski definition) is 5. The zero-order valence-electron chi connectivity index (χ0n) is 19.4. The first-order valence-corrected chi connectivity index (χ1v) is 12.8. The number of amides is 2. The Labute approximate surface area is 217 Å². The van der Waals surface area contributed by atoms with Crippen LogP contribution >= 0.6 is 0 Å². The van der Waals surface area contributed by atoms with E-state index in [2.05, 4.69) is 31.2 Å². The van der Waals surface area contributed by atoms with Crippen molar-refractivity contribution < 1.29 is 13.2 Å². The Kier molecular flexibility index (Phi) is 7.40. The molecule has 3 aliphatic rings. The topological polar surface area (TPSA) is 110 Å². The van der Waals surface area contributed by atoms with Crippen LogP contribution in [0.2, 0.25) is 0 Å². The molecule has 1 aliphatic heterocycles. The van der Waals surface area contributed by atoms with Crippen LogP contribution in [0.3, 0.4) is 0 Å². The summed E-state index contributed by atoms with van der Waals surface area (Å²) in [5, 5.41) is 9.53. The summed E-state index contributed by atoms with van der Waals surface area (Å²) in [6, 6.07) is 1.34. The number of nitrogens with one attached hydrogen (secondary N) is 3. The Morgan fingerprint density at radius 2 is 1.76 bits per heavy atom. The summed E-state index contributed by atoms with van der Waals surface area (Å²) >= 11 is 0. The molecule has 0 unspecified atom stereocenters. The maximum absolute atomic E-state index is 13.4. The molecule has 173 valence electrons. The fraction of sp³-hybridized carbons (Fsp3) is 0.545. The summed E-state index contributed by atoms with van der Waals surface area (Å²) in [6.45, 7) is 1.59. The van der Waals surface area contributed by atoms with Crippen molar-refractivity contribution in [3.05, 3.63) is 40.7 Å². The van der Waals surface area contributed by atoms with E-state index in [0.717, 1.165) is 57.3 Å². The number of hydrogen-bond donors (Lipinski definition) is 3. The van der Waals surface area contributed by atoms with Crippen LogP contribution in [0.1, 0.15) is 47.9 Å². The quantitative estimate of drug-likeness (QED) is 0.566. The largest absolute Gasteiger partial charge is 0.334 e. The number of benzene rings is 1. The Morgan fingerprint density at radius 3 is 2.33 bits per heavy atom. The normalized spacial score (nSPS) is 18.3. The van der Waals surface area contributed by atoms with Crippen LogP contribution in [0.4, 0.5) is 16.2 Å². The Hall–Kier alpha value is -1.59. The number of nitrogens with zero attached hydrogens (tertiary/aromatic N) is 3. The molecule has 1 fully saturated rings. The molecular weight excluding hydrogens is 451 g/mol. The number of fused-ring (bicyclic) bond motifs is 2. The Balaban J connectivity index is 0.00000259. The minimum Gasteiger partial charge on any atom is -0.307 e. The average molecular weight is 482 g/mol. The fourth-order valence-corrected chi connectivity index (χ4v) is 6.78. The molecule has 1 radical (unpaired) electrons. The predicted octanol–water partition coefficient (Wildman–Crippen LogP) is 1.97. The van der Waals surface area contributed by atoms with E-state index >= 15 is 0 Å². The van der Waals surface area contributed by atoms with Gasteiger partial charge in [0.15, 0.2) is 0 Å². The first-order chi connectivity index (χ1) is 15.4. The second kappa shape index (κ2) is 9.95. The van der Waals surface area contributed by atoms with Gasteiger partial charge in [-0.15, -0.1) is 0 Å². The molecule has 9 nitrogen and oxygen atoms in total. The van der Waals surface area contributed by atoms with Crippen molar-refractivity contribution in [2.75, 3.05) is 29.8 Å². The number of rotatable bonds is 5. The van der Waals surface area contributed by atoms with Crippen molar-refractivity contribution in [1.82, 2.24) is 19.8 Å². The van der Waals surface area contributed by atoms with E-state index in [9.17, 15) is 13.2 Å². The first-order valence-electron chi connectivity index (χ1n) is 11.4. The number of anilines is 2. The van der Waals surface area contributed by atoms with E-state index in [1.54, 1.807) is 6.20 Å². The zero-order chi connectivity index (χ0) is 22.3. The van der Waals surface area contributed by atoms with Crippen LogP contribution in [0, 0.1) is 0 Å². The van der Waals surface area contributed by atoms with Gasteiger partial charge in [-0.05, 0) is 93.8 Å². The number of urea groups is 1. The van der Waals surface area contributed by atoms with Gasteiger partial charge in [-0.25, -0.2) is 13.8 Å². The van der Waals surface area contributed by atoms with E-state index in [0.29, 0.717) is 18.5 Å². The second-order valence-corrected chi connectivity index (χ2v) is 10.6. The average Bonchev–Trinajstić information content (AvgIpc) is 3.50. The molecule has 2 heterocycles. The molecule has 0 atom stereocenters. The first kappa shape index (κ1) is 24.5. The van der Waals surface area contributed by atoms with Gasteiger partial charge in [0.05, 0.1) is 11.9 Å². The molecule has 11 heteroatoms. The summed E-state index contributed by atoms with van der Waals surface area (Å²) < 4.78 is 30.3. The predicted molar refractivity (Wildman–Crippen MR) is 129 cm³/mol. The van der Waals surface area contributed by atoms with Gasteiger partial charge in [-0.3, -0.25) is 5.10 Å². The Bertz CT molecular complexity index is 1080. The van der Waals surface area contributed by atoms with E-state index in [1.807, 2.05) is 7.05 Å². The number of carbonyl (C=O) groups excluding carboxylic acids is 1. The van der Waals surface area contributed by atoms with Crippen molar-refractivity contribution in [3.63, 3.8) is 0 Å². The number of aromatic nitrogens is 2. The summed E-state index contributed by atoms with van der Waals surface area (Å²) in [5.41, 5.74) is 6.17. The second-order valence-electron chi connectivity index (χ2n) is 9.08. The molecule has 5 rings (SSSR count). The number of H-pyrrole nitrogens is 1. The molecule has 1 aromatic heterocycles. The monoisotopic (exact) mass is 481 g/mol. The number of likely N-dealkylation sites (tertiary alicyclic amines) is 1. The molecular formula is C22H30N6NaO3S. The van der Waals surface area contributed by atoms with Gasteiger partial charge in [0.1, 0.15) is 0 Å². The van der Waals surface area contributed by atoms with Crippen LogP contribution in [-0.4, -0.2) is 85.3 Å². The van der Waals surface area contributed by atoms with Gasteiger partial charge < -0.3 is 10.2 Å². The van der Waals surface area contributed by atoms with Crippen LogP contribution < -0.4 is 14.3 Å². The van der Waals surface area contributed by atoms with Crippen molar-refractivity contribution in [3.8, 4) is 0 Å². The molecule has 0 saturated carbocycles. The number of piperidine rings is 1. The Morgan fingerprint density at radius 1 is 1.12 bits per heavy atom. The van der Waals surface area contributed by atoms with Gasteiger partial charge in [-0.2, -0.15) is 13.5 Å². The van der Waals surface area contributed by atoms with Crippen molar-refractivity contribution >= 4 is 57.2 Å². The van der Waals surface area contributed by atoms with E-state index in [4.69, 9.17) is 0 Å². The van der Waals surface area contributed by atoms with Crippen LogP contribution in [0.5, 0.6) is 0 Å². The molecule has 2 aliphatic carbocycles. The number of carbonyl (C=O) groups is 1. The van der Waals surface area contributed by atoms with Gasteiger partial charge in [0, 0.05) is 47.5 Å². The standard InChI is InChI=1S/C22H30N6O3S.Na/c1-27-10-8-17(9-11-27)28(18-13-23-24-14-18)32(30,31)26-22(29)25-21-19-6-2-4-15(19)12-16-5-3-7-20(16)21;/h12-14,17H,2-11H2,1H3,(H,23,24)(H2,25,26,29);.